The molecule has 1 rings (SSSR count). The lowest BCUT2D eigenvalue weighted by atomic mass is 10.3. The average Bonchev–Trinajstić information content (AvgIpc) is 2.60. The minimum absolute atomic E-state index is 0.0334. The van der Waals surface area contributed by atoms with E-state index in [4.69, 9.17) is 0 Å². The number of carbonyl (C=O) groups excluding carboxylic acids is 2. The number of aromatic nitrogens is 2. The minimum Gasteiger partial charge on any atom is -0.352 e. The van der Waals surface area contributed by atoms with Crippen molar-refractivity contribution in [1.29, 1.82) is 0 Å². The lowest BCUT2D eigenvalue weighted by Crippen LogP contribution is -2.39. The Kier molecular flexibility index (Phi) is 4.36. The lowest BCUT2D eigenvalue weighted by molar-refractivity contribution is -0.120. The Morgan fingerprint density at radius 2 is 2.12 bits per heavy atom. The van der Waals surface area contributed by atoms with Gasteiger partial charge in [-0.25, -0.2) is 0 Å². The molecule has 2 N–H and O–H groups in total. The molecule has 16 heavy (non-hydrogen) atoms. The van der Waals surface area contributed by atoms with Crippen molar-refractivity contribution in [2.75, 3.05) is 6.54 Å². The molecule has 0 aliphatic carbocycles. The Morgan fingerprint density at radius 1 is 1.44 bits per heavy atom. The van der Waals surface area contributed by atoms with Gasteiger partial charge >= 0.3 is 0 Å². The molecule has 7 heteroatoms. The van der Waals surface area contributed by atoms with Crippen LogP contribution in [0.1, 0.15) is 29.2 Å². The largest absolute Gasteiger partial charge is 0.352 e. The van der Waals surface area contributed by atoms with Gasteiger partial charge in [0.2, 0.25) is 5.91 Å². The van der Waals surface area contributed by atoms with Crippen LogP contribution in [0.3, 0.4) is 0 Å². The van der Waals surface area contributed by atoms with Crippen LogP contribution < -0.4 is 10.6 Å². The number of carbonyl (C=O) groups is 2. The molecule has 0 aliphatic heterocycles. The molecule has 0 bridgehead atoms. The van der Waals surface area contributed by atoms with Crippen molar-refractivity contribution < 1.29 is 9.59 Å². The summed E-state index contributed by atoms with van der Waals surface area (Å²) in [5, 5.41) is 8.91. The molecule has 0 fully saturated rings. The van der Waals surface area contributed by atoms with Gasteiger partial charge in [-0.15, -0.1) is 5.10 Å². The Labute approximate surface area is 97.6 Å². The predicted octanol–water partition coefficient (Wildman–Crippen LogP) is 0.101. The molecule has 0 radical (unpaired) electrons. The molecule has 0 aliphatic rings. The molecule has 0 unspecified atom stereocenters. The maximum absolute atomic E-state index is 11.6. The molecular formula is C9H14N4O2S. The van der Waals surface area contributed by atoms with E-state index in [1.165, 1.54) is 0 Å². The van der Waals surface area contributed by atoms with Gasteiger partial charge in [-0.2, -0.15) is 0 Å². The van der Waals surface area contributed by atoms with Gasteiger partial charge < -0.3 is 10.6 Å². The van der Waals surface area contributed by atoms with E-state index in [-0.39, 0.29) is 24.4 Å². The predicted molar refractivity (Wildman–Crippen MR) is 60.3 cm³/mol. The van der Waals surface area contributed by atoms with Gasteiger partial charge in [0.05, 0.1) is 12.2 Å². The smallest absolute Gasteiger partial charge is 0.265 e. The van der Waals surface area contributed by atoms with Crippen LogP contribution in [0.5, 0.6) is 0 Å². The Morgan fingerprint density at radius 3 is 2.62 bits per heavy atom. The zero-order valence-corrected chi connectivity index (χ0v) is 10.2. The maximum Gasteiger partial charge on any atom is 0.265 e. The molecular weight excluding hydrogens is 228 g/mol. The topological polar surface area (TPSA) is 84.0 Å². The highest BCUT2D eigenvalue weighted by molar-refractivity contribution is 7.08. The fourth-order valence-corrected chi connectivity index (χ4v) is 1.63. The summed E-state index contributed by atoms with van der Waals surface area (Å²) in [6.45, 7) is 5.38. The third-order valence-electron chi connectivity index (χ3n) is 1.72. The number of aryl methyl sites for hydroxylation is 1. The van der Waals surface area contributed by atoms with Crippen LogP contribution in [0, 0.1) is 6.92 Å². The lowest BCUT2D eigenvalue weighted by Gasteiger charge is -2.08. The number of amides is 2. The fourth-order valence-electron chi connectivity index (χ4n) is 1.05. The highest BCUT2D eigenvalue weighted by Gasteiger charge is 2.13. The number of rotatable bonds is 4. The number of hydrogen-bond acceptors (Lipinski definition) is 5. The van der Waals surface area contributed by atoms with E-state index in [0.717, 1.165) is 11.5 Å². The van der Waals surface area contributed by atoms with E-state index in [1.807, 2.05) is 13.8 Å². The van der Waals surface area contributed by atoms with Gasteiger partial charge in [0.1, 0.15) is 4.88 Å². The molecule has 2 amide bonds. The molecule has 0 atom stereocenters. The van der Waals surface area contributed by atoms with Crippen molar-refractivity contribution in [2.45, 2.75) is 26.8 Å². The van der Waals surface area contributed by atoms with Gasteiger partial charge in [-0.05, 0) is 32.3 Å². The molecule has 88 valence electrons. The molecule has 0 saturated carbocycles. The van der Waals surface area contributed by atoms with E-state index in [2.05, 4.69) is 20.2 Å². The second kappa shape index (κ2) is 5.55. The summed E-state index contributed by atoms with van der Waals surface area (Å²) < 4.78 is 3.65. The first-order chi connectivity index (χ1) is 7.50. The number of nitrogens with one attached hydrogen (secondary N) is 2. The molecule has 0 saturated heterocycles. The van der Waals surface area contributed by atoms with Gasteiger partial charge in [0.25, 0.3) is 5.91 Å². The quantitative estimate of drug-likeness (QED) is 0.784. The third kappa shape index (κ3) is 3.58. The van der Waals surface area contributed by atoms with Crippen molar-refractivity contribution in [3.8, 4) is 0 Å². The average molecular weight is 242 g/mol. The summed E-state index contributed by atoms with van der Waals surface area (Å²) in [7, 11) is 0. The van der Waals surface area contributed by atoms with Gasteiger partial charge in [0, 0.05) is 6.04 Å². The highest BCUT2D eigenvalue weighted by atomic mass is 32.1. The summed E-state index contributed by atoms with van der Waals surface area (Å²) in [6.07, 6.45) is 0. The van der Waals surface area contributed by atoms with Crippen LogP contribution in [0.4, 0.5) is 0 Å². The summed E-state index contributed by atoms with van der Waals surface area (Å²) in [5.41, 5.74) is 0.576. The van der Waals surface area contributed by atoms with Crippen molar-refractivity contribution in [1.82, 2.24) is 20.2 Å². The first-order valence-corrected chi connectivity index (χ1v) is 5.64. The Bertz CT molecular complexity index is 389. The zero-order valence-electron chi connectivity index (χ0n) is 9.40. The fraction of sp³-hybridized carbons (Fsp3) is 0.556. The van der Waals surface area contributed by atoms with Crippen LogP contribution in [-0.4, -0.2) is 34.0 Å². The van der Waals surface area contributed by atoms with Crippen molar-refractivity contribution >= 4 is 23.3 Å². The van der Waals surface area contributed by atoms with E-state index in [1.54, 1.807) is 6.92 Å². The molecule has 1 heterocycles. The third-order valence-corrected chi connectivity index (χ3v) is 2.54. The monoisotopic (exact) mass is 242 g/mol. The zero-order chi connectivity index (χ0) is 12.1. The van der Waals surface area contributed by atoms with Crippen LogP contribution in [0.25, 0.3) is 0 Å². The van der Waals surface area contributed by atoms with Gasteiger partial charge in [-0.1, -0.05) is 4.49 Å². The molecule has 1 aromatic rings. The first-order valence-electron chi connectivity index (χ1n) is 4.87. The second-order valence-electron chi connectivity index (χ2n) is 3.59. The van der Waals surface area contributed by atoms with Gasteiger partial charge in [-0.3, -0.25) is 9.59 Å². The van der Waals surface area contributed by atoms with Crippen LogP contribution in [-0.2, 0) is 4.79 Å². The van der Waals surface area contributed by atoms with Gasteiger partial charge in [0.15, 0.2) is 0 Å². The van der Waals surface area contributed by atoms with E-state index < -0.39 is 0 Å². The van der Waals surface area contributed by atoms with E-state index >= 15 is 0 Å². The first kappa shape index (κ1) is 12.6. The van der Waals surface area contributed by atoms with Crippen LogP contribution in [0.15, 0.2) is 0 Å². The normalized spacial score (nSPS) is 10.2. The van der Waals surface area contributed by atoms with Crippen LogP contribution >= 0.6 is 11.5 Å². The van der Waals surface area contributed by atoms with Crippen molar-refractivity contribution in [3.63, 3.8) is 0 Å². The Balaban J connectivity index is 2.42. The molecule has 0 aromatic carbocycles. The van der Waals surface area contributed by atoms with E-state index in [0.29, 0.717) is 10.6 Å². The summed E-state index contributed by atoms with van der Waals surface area (Å²) >= 11 is 1.02. The van der Waals surface area contributed by atoms with E-state index in [9.17, 15) is 9.59 Å². The van der Waals surface area contributed by atoms with Crippen molar-refractivity contribution in [2.24, 2.45) is 0 Å². The van der Waals surface area contributed by atoms with Crippen LogP contribution in [0.2, 0.25) is 0 Å². The Hall–Kier alpha value is -1.50. The highest BCUT2D eigenvalue weighted by Crippen LogP contribution is 2.07. The summed E-state index contributed by atoms with van der Waals surface area (Å²) in [5.74, 6) is -0.523. The number of hydrogen-bond donors (Lipinski definition) is 2. The second-order valence-corrected chi connectivity index (χ2v) is 4.35. The maximum atomic E-state index is 11.6. The number of nitrogens with zero attached hydrogens (tertiary/aromatic N) is 2. The minimum atomic E-state index is -0.314. The van der Waals surface area contributed by atoms with Crippen molar-refractivity contribution in [3.05, 3.63) is 10.6 Å². The summed E-state index contributed by atoms with van der Waals surface area (Å²) in [4.78, 5) is 23.3. The molecule has 1 aromatic heterocycles. The summed E-state index contributed by atoms with van der Waals surface area (Å²) in [6, 6.07) is 0.0659. The molecule has 6 nitrogen and oxygen atoms in total. The SMILES string of the molecule is Cc1nnsc1C(=O)NCC(=O)NC(C)C. The standard InChI is InChI=1S/C9H14N4O2S/c1-5(2)11-7(14)4-10-9(15)8-6(3)12-13-16-8/h5H,4H2,1-3H3,(H,10,15)(H,11,14). The molecule has 0 spiro atoms.